The van der Waals surface area contributed by atoms with Gasteiger partial charge in [0.15, 0.2) is 0 Å². The second-order valence-corrected chi connectivity index (χ2v) is 5.13. The first kappa shape index (κ1) is 14.5. The maximum absolute atomic E-state index is 12.8. The third kappa shape index (κ3) is 2.78. The summed E-state index contributed by atoms with van der Waals surface area (Å²) in [7, 11) is 0. The average molecular weight is 293 g/mol. The van der Waals surface area contributed by atoms with Gasteiger partial charge in [0.25, 0.3) is 5.56 Å². The molecule has 0 aliphatic rings. The average Bonchev–Trinajstić information content (AvgIpc) is 2.57. The van der Waals surface area contributed by atoms with Crippen LogP contribution in [0.4, 0.5) is 0 Å². The topological polar surface area (TPSA) is 46.9 Å². The highest BCUT2D eigenvalue weighted by molar-refractivity contribution is 5.79. The van der Waals surface area contributed by atoms with Gasteiger partial charge in [0.2, 0.25) is 0 Å². The van der Waals surface area contributed by atoms with E-state index in [4.69, 9.17) is 4.98 Å². The number of hydrogen-bond donors (Lipinski definition) is 1. The molecule has 22 heavy (non-hydrogen) atoms. The predicted octanol–water partition coefficient (Wildman–Crippen LogP) is 2.67. The van der Waals surface area contributed by atoms with Crippen LogP contribution >= 0.6 is 0 Å². The number of para-hydroxylation sites is 1. The second-order valence-electron chi connectivity index (χ2n) is 5.13. The van der Waals surface area contributed by atoms with Crippen molar-refractivity contribution in [1.29, 1.82) is 0 Å². The standard InChI is InChI=1S/C18H19N3O/c1-2-19-12-13-21-17(14-8-4-3-5-9-14)20-16-11-7-6-10-15(16)18(21)22/h3-11,19H,2,12-13H2,1H3. The lowest BCUT2D eigenvalue weighted by molar-refractivity contribution is 0.601. The summed E-state index contributed by atoms with van der Waals surface area (Å²) in [6.07, 6.45) is 0. The number of fused-ring (bicyclic) bond motifs is 1. The Bertz CT molecular complexity index is 825. The quantitative estimate of drug-likeness (QED) is 0.736. The number of benzene rings is 2. The van der Waals surface area contributed by atoms with Crippen LogP contribution < -0.4 is 10.9 Å². The summed E-state index contributed by atoms with van der Waals surface area (Å²) >= 11 is 0. The Morgan fingerprint density at radius 2 is 1.77 bits per heavy atom. The molecule has 0 spiro atoms. The summed E-state index contributed by atoms with van der Waals surface area (Å²) in [5.41, 5.74) is 1.72. The van der Waals surface area contributed by atoms with Crippen LogP contribution in [0.3, 0.4) is 0 Å². The first-order valence-corrected chi connectivity index (χ1v) is 7.57. The summed E-state index contributed by atoms with van der Waals surface area (Å²) < 4.78 is 1.76. The molecule has 2 aromatic carbocycles. The monoisotopic (exact) mass is 293 g/mol. The molecule has 0 amide bonds. The van der Waals surface area contributed by atoms with E-state index in [1.165, 1.54) is 0 Å². The predicted molar refractivity (Wildman–Crippen MR) is 90.0 cm³/mol. The molecule has 1 N–H and O–H groups in total. The van der Waals surface area contributed by atoms with E-state index in [2.05, 4.69) is 12.2 Å². The minimum absolute atomic E-state index is 0.0161. The van der Waals surface area contributed by atoms with Crippen LogP contribution in [0.2, 0.25) is 0 Å². The van der Waals surface area contributed by atoms with Crippen LogP contribution in [-0.2, 0) is 6.54 Å². The van der Waals surface area contributed by atoms with E-state index in [0.29, 0.717) is 11.9 Å². The van der Waals surface area contributed by atoms with Gasteiger partial charge in [0.05, 0.1) is 10.9 Å². The maximum atomic E-state index is 12.8. The van der Waals surface area contributed by atoms with E-state index in [1.807, 2.05) is 54.6 Å². The highest BCUT2D eigenvalue weighted by Gasteiger charge is 2.11. The van der Waals surface area contributed by atoms with E-state index < -0.39 is 0 Å². The van der Waals surface area contributed by atoms with Crippen LogP contribution in [0.1, 0.15) is 6.92 Å². The van der Waals surface area contributed by atoms with Crippen LogP contribution in [0.15, 0.2) is 59.4 Å². The minimum atomic E-state index is 0.0161. The van der Waals surface area contributed by atoms with Gasteiger partial charge in [-0.1, -0.05) is 49.4 Å². The number of rotatable bonds is 5. The second kappa shape index (κ2) is 6.54. The molecule has 1 aromatic heterocycles. The van der Waals surface area contributed by atoms with Crippen LogP contribution in [0.25, 0.3) is 22.3 Å². The zero-order chi connectivity index (χ0) is 15.4. The molecule has 4 nitrogen and oxygen atoms in total. The molecule has 0 aliphatic carbocycles. The van der Waals surface area contributed by atoms with Gasteiger partial charge >= 0.3 is 0 Å². The Morgan fingerprint density at radius 1 is 1.05 bits per heavy atom. The smallest absolute Gasteiger partial charge is 0.261 e. The number of hydrogen-bond acceptors (Lipinski definition) is 3. The molecule has 0 bridgehead atoms. The van der Waals surface area contributed by atoms with Crippen LogP contribution in [-0.4, -0.2) is 22.6 Å². The summed E-state index contributed by atoms with van der Waals surface area (Å²) in [6.45, 7) is 4.29. The van der Waals surface area contributed by atoms with Crippen molar-refractivity contribution >= 4 is 10.9 Å². The van der Waals surface area contributed by atoms with Gasteiger partial charge in [-0.25, -0.2) is 4.98 Å². The summed E-state index contributed by atoms with van der Waals surface area (Å²) in [5, 5.41) is 3.93. The molecule has 3 rings (SSSR count). The normalized spacial score (nSPS) is 11.0. The van der Waals surface area contributed by atoms with Gasteiger partial charge < -0.3 is 5.32 Å². The number of nitrogens with zero attached hydrogens (tertiary/aromatic N) is 2. The summed E-state index contributed by atoms with van der Waals surface area (Å²) in [4.78, 5) is 17.5. The Balaban J connectivity index is 2.19. The zero-order valence-electron chi connectivity index (χ0n) is 12.6. The molecule has 3 aromatic rings. The number of likely N-dealkylation sites (N-methyl/N-ethyl adjacent to an activating group) is 1. The van der Waals surface area contributed by atoms with E-state index in [9.17, 15) is 4.79 Å². The van der Waals surface area contributed by atoms with Gasteiger partial charge in [0.1, 0.15) is 5.82 Å². The van der Waals surface area contributed by atoms with E-state index in [0.717, 1.165) is 30.0 Å². The highest BCUT2D eigenvalue weighted by Crippen LogP contribution is 2.18. The fourth-order valence-corrected chi connectivity index (χ4v) is 2.55. The molecule has 0 saturated carbocycles. The largest absolute Gasteiger partial charge is 0.315 e. The maximum Gasteiger partial charge on any atom is 0.261 e. The summed E-state index contributed by atoms with van der Waals surface area (Å²) in [5.74, 6) is 0.724. The van der Waals surface area contributed by atoms with Crippen molar-refractivity contribution in [2.75, 3.05) is 13.1 Å². The minimum Gasteiger partial charge on any atom is -0.315 e. The Labute approximate surface area is 129 Å². The molecule has 0 fully saturated rings. The van der Waals surface area contributed by atoms with Crippen molar-refractivity contribution in [1.82, 2.24) is 14.9 Å². The lowest BCUT2D eigenvalue weighted by atomic mass is 10.2. The lowest BCUT2D eigenvalue weighted by Crippen LogP contribution is -2.29. The molecule has 0 radical (unpaired) electrons. The van der Waals surface area contributed by atoms with E-state index >= 15 is 0 Å². The van der Waals surface area contributed by atoms with Gasteiger partial charge in [-0.2, -0.15) is 0 Å². The summed E-state index contributed by atoms with van der Waals surface area (Å²) in [6, 6.07) is 17.4. The molecule has 0 atom stereocenters. The van der Waals surface area contributed by atoms with Crippen molar-refractivity contribution in [3.05, 3.63) is 65.0 Å². The van der Waals surface area contributed by atoms with E-state index in [-0.39, 0.29) is 5.56 Å². The Morgan fingerprint density at radius 3 is 2.55 bits per heavy atom. The fraction of sp³-hybridized carbons (Fsp3) is 0.222. The van der Waals surface area contributed by atoms with E-state index in [1.54, 1.807) is 4.57 Å². The molecule has 1 heterocycles. The molecular formula is C18H19N3O. The SMILES string of the molecule is CCNCCn1c(-c2ccccc2)nc2ccccc2c1=O. The van der Waals surface area contributed by atoms with Crippen LogP contribution in [0, 0.1) is 0 Å². The Kier molecular flexibility index (Phi) is 4.30. The highest BCUT2D eigenvalue weighted by atomic mass is 16.1. The molecule has 4 heteroatoms. The Hall–Kier alpha value is -2.46. The zero-order valence-corrected chi connectivity index (χ0v) is 12.6. The van der Waals surface area contributed by atoms with Crippen molar-refractivity contribution in [2.24, 2.45) is 0 Å². The molecule has 112 valence electrons. The third-order valence-electron chi connectivity index (χ3n) is 3.66. The number of nitrogens with one attached hydrogen (secondary N) is 1. The van der Waals surface area contributed by atoms with Crippen molar-refractivity contribution < 1.29 is 0 Å². The third-order valence-corrected chi connectivity index (χ3v) is 3.66. The van der Waals surface area contributed by atoms with Crippen molar-refractivity contribution in [2.45, 2.75) is 13.5 Å². The molecular weight excluding hydrogens is 274 g/mol. The van der Waals surface area contributed by atoms with Crippen molar-refractivity contribution in [3.8, 4) is 11.4 Å². The van der Waals surface area contributed by atoms with Gasteiger partial charge in [-0.15, -0.1) is 0 Å². The van der Waals surface area contributed by atoms with Gasteiger partial charge in [0, 0.05) is 18.7 Å². The van der Waals surface area contributed by atoms with Gasteiger partial charge in [-0.05, 0) is 18.7 Å². The molecule has 0 aliphatic heterocycles. The first-order chi connectivity index (χ1) is 10.8. The first-order valence-electron chi connectivity index (χ1n) is 7.57. The number of aromatic nitrogens is 2. The van der Waals surface area contributed by atoms with Gasteiger partial charge in [-0.3, -0.25) is 9.36 Å². The fourth-order valence-electron chi connectivity index (χ4n) is 2.55. The molecule has 0 saturated heterocycles. The van der Waals surface area contributed by atoms with Crippen molar-refractivity contribution in [3.63, 3.8) is 0 Å². The molecule has 0 unspecified atom stereocenters. The lowest BCUT2D eigenvalue weighted by Gasteiger charge is -2.14. The van der Waals surface area contributed by atoms with Crippen LogP contribution in [0.5, 0.6) is 0 Å².